The van der Waals surface area contributed by atoms with Gasteiger partial charge in [0.25, 0.3) is 0 Å². The molecule has 0 saturated heterocycles. The van der Waals surface area contributed by atoms with Crippen LogP contribution in [0.3, 0.4) is 0 Å². The Bertz CT molecular complexity index is 2480. The second-order valence-electron chi connectivity index (χ2n) is 14.9. The topological polar surface area (TPSA) is 64.0 Å². The van der Waals surface area contributed by atoms with E-state index in [0.717, 1.165) is 66.1 Å². The van der Waals surface area contributed by atoms with Crippen molar-refractivity contribution in [1.29, 1.82) is 0 Å². The number of phenolic OH excluding ortho intramolecular Hbond substituents is 2. The zero-order valence-corrected chi connectivity index (χ0v) is 32.0. The summed E-state index contributed by atoms with van der Waals surface area (Å²) >= 11 is 0. The van der Waals surface area contributed by atoms with Gasteiger partial charge in [-0.3, -0.25) is 14.6 Å². The molecule has 56 heavy (non-hydrogen) atoms. The van der Waals surface area contributed by atoms with Gasteiger partial charge in [0.05, 0.1) is 12.1 Å². The molecule has 0 spiro atoms. The van der Waals surface area contributed by atoms with Crippen molar-refractivity contribution in [3.63, 3.8) is 0 Å². The summed E-state index contributed by atoms with van der Waals surface area (Å²) in [6.45, 7) is 0. The Morgan fingerprint density at radius 3 is 1.14 bits per heavy atom. The number of carbonyl (C=O) groups excluding carboxylic acids is 1. The fraction of sp³-hybridized carbons (Fsp3) is 0.118. The Morgan fingerprint density at radius 1 is 0.429 bits per heavy atom. The van der Waals surface area contributed by atoms with Gasteiger partial charge in [-0.15, -0.1) is 0 Å². The average Bonchev–Trinajstić information content (AvgIpc) is 3.23. The van der Waals surface area contributed by atoms with E-state index in [1.807, 2.05) is 125 Å². The minimum absolute atomic E-state index is 0.0355. The lowest BCUT2D eigenvalue weighted by Gasteiger charge is -2.27. The fourth-order valence-electron chi connectivity index (χ4n) is 8.13. The number of carbonyl (C=O) groups is 1. The Hall–Kier alpha value is -6.53. The monoisotopic (exact) mass is 732 g/mol. The number of rotatable bonds is 10. The number of hydrogen-bond acceptors (Lipinski definition) is 5. The molecule has 2 unspecified atom stereocenters. The first-order valence-electron chi connectivity index (χ1n) is 18.9. The van der Waals surface area contributed by atoms with Gasteiger partial charge in [-0.05, 0) is 107 Å². The van der Waals surface area contributed by atoms with E-state index in [4.69, 9.17) is 0 Å². The molecule has 2 atom stereocenters. The van der Waals surface area contributed by atoms with E-state index >= 15 is 0 Å². The largest absolute Gasteiger partial charge is 0.508 e. The number of ketones is 1. The summed E-state index contributed by atoms with van der Waals surface area (Å²) in [7, 11) is 8.12. The quantitative estimate of drug-likeness (QED) is 0.137. The molecule has 0 saturated carbocycles. The Morgan fingerprint density at radius 2 is 0.786 bits per heavy atom. The molecule has 0 aromatic heterocycles. The van der Waals surface area contributed by atoms with Crippen LogP contribution in [0.5, 0.6) is 11.5 Å². The maximum Gasteiger partial charge on any atom is 0.193 e. The SMILES string of the molecule is CN(C)C(c1ccccc1)c1c(O)ccc2cc(-c3ccc(C(=O)c4ccc(-c5ccc6c(C(c7ccccc7)N(C)C)c(O)ccc6c5)cc4)cc3)ccc12. The van der Waals surface area contributed by atoms with Crippen molar-refractivity contribution >= 4 is 27.3 Å². The maximum absolute atomic E-state index is 13.6. The first-order chi connectivity index (χ1) is 27.2. The minimum atomic E-state index is -0.109. The molecule has 0 aliphatic heterocycles. The van der Waals surface area contributed by atoms with Gasteiger partial charge in [0.15, 0.2) is 5.78 Å². The highest BCUT2D eigenvalue weighted by atomic mass is 16.3. The van der Waals surface area contributed by atoms with Crippen molar-refractivity contribution in [1.82, 2.24) is 9.80 Å². The van der Waals surface area contributed by atoms with Crippen LogP contribution in [0.4, 0.5) is 0 Å². The molecule has 5 nitrogen and oxygen atoms in total. The molecule has 0 aliphatic carbocycles. The summed E-state index contributed by atoms with van der Waals surface area (Å²) in [6, 6.07) is 55.9. The highest BCUT2D eigenvalue weighted by Crippen LogP contribution is 2.41. The van der Waals surface area contributed by atoms with Crippen LogP contribution in [0.2, 0.25) is 0 Å². The Labute approximate surface area is 328 Å². The van der Waals surface area contributed by atoms with Gasteiger partial charge in [-0.1, -0.05) is 146 Å². The summed E-state index contributed by atoms with van der Waals surface area (Å²) < 4.78 is 0. The summed E-state index contributed by atoms with van der Waals surface area (Å²) in [6.07, 6.45) is 0. The molecule has 5 heteroatoms. The van der Waals surface area contributed by atoms with Crippen LogP contribution in [0.1, 0.15) is 50.3 Å². The van der Waals surface area contributed by atoms with Crippen molar-refractivity contribution in [2.45, 2.75) is 12.1 Å². The summed E-state index contributed by atoms with van der Waals surface area (Å²) in [5.74, 6) is 0.508. The smallest absolute Gasteiger partial charge is 0.193 e. The number of phenols is 2. The van der Waals surface area contributed by atoms with Crippen molar-refractivity contribution < 1.29 is 15.0 Å². The molecule has 0 amide bonds. The lowest BCUT2D eigenvalue weighted by molar-refractivity contribution is 0.103. The first-order valence-corrected chi connectivity index (χ1v) is 18.9. The molecule has 0 heterocycles. The van der Waals surface area contributed by atoms with E-state index in [1.54, 1.807) is 12.1 Å². The third-order valence-electron chi connectivity index (χ3n) is 10.8. The van der Waals surface area contributed by atoms with Crippen LogP contribution in [0.25, 0.3) is 43.8 Å². The van der Waals surface area contributed by atoms with Crippen molar-refractivity contribution in [2.24, 2.45) is 0 Å². The van der Waals surface area contributed by atoms with Crippen molar-refractivity contribution in [3.8, 4) is 33.8 Å². The van der Waals surface area contributed by atoms with Gasteiger partial charge in [-0.2, -0.15) is 0 Å². The van der Waals surface area contributed by atoms with E-state index in [2.05, 4.69) is 70.5 Å². The highest BCUT2D eigenvalue weighted by molar-refractivity contribution is 6.09. The normalized spacial score (nSPS) is 12.7. The predicted octanol–water partition coefficient (Wildman–Crippen LogP) is 11.3. The van der Waals surface area contributed by atoms with E-state index in [9.17, 15) is 15.0 Å². The van der Waals surface area contributed by atoms with E-state index < -0.39 is 0 Å². The van der Waals surface area contributed by atoms with Crippen LogP contribution < -0.4 is 0 Å². The molecule has 8 rings (SSSR count). The molecule has 0 radical (unpaired) electrons. The van der Waals surface area contributed by atoms with Crippen molar-refractivity contribution in [2.75, 3.05) is 28.2 Å². The van der Waals surface area contributed by atoms with Crippen LogP contribution in [0.15, 0.2) is 170 Å². The molecular formula is C51H44N2O3. The van der Waals surface area contributed by atoms with Crippen LogP contribution >= 0.6 is 0 Å². The second-order valence-corrected chi connectivity index (χ2v) is 14.9. The molecule has 276 valence electrons. The van der Waals surface area contributed by atoms with Gasteiger partial charge in [-0.25, -0.2) is 0 Å². The van der Waals surface area contributed by atoms with Gasteiger partial charge in [0, 0.05) is 22.3 Å². The lowest BCUT2D eigenvalue weighted by atomic mass is 9.90. The molecular weight excluding hydrogens is 689 g/mol. The molecule has 0 fully saturated rings. The molecule has 8 aromatic rings. The molecule has 0 aliphatic rings. The van der Waals surface area contributed by atoms with Gasteiger partial charge in [0.2, 0.25) is 0 Å². The van der Waals surface area contributed by atoms with Gasteiger partial charge < -0.3 is 10.2 Å². The highest BCUT2D eigenvalue weighted by Gasteiger charge is 2.24. The third kappa shape index (κ3) is 6.95. The fourth-order valence-corrected chi connectivity index (χ4v) is 8.13. The lowest BCUT2D eigenvalue weighted by Crippen LogP contribution is -2.21. The van der Waals surface area contributed by atoms with Crippen molar-refractivity contribution in [3.05, 3.63) is 203 Å². The second kappa shape index (κ2) is 15.3. The zero-order valence-electron chi connectivity index (χ0n) is 32.0. The van der Waals surface area contributed by atoms with Gasteiger partial charge in [0.1, 0.15) is 11.5 Å². The Balaban J connectivity index is 1.03. The number of nitrogens with zero attached hydrogens (tertiary/aromatic N) is 2. The van der Waals surface area contributed by atoms with Crippen LogP contribution in [-0.4, -0.2) is 54.0 Å². The Kier molecular flexibility index (Phi) is 9.96. The van der Waals surface area contributed by atoms with E-state index in [-0.39, 0.29) is 29.4 Å². The predicted molar refractivity (Wildman–Crippen MR) is 229 cm³/mol. The molecule has 8 aromatic carbocycles. The van der Waals surface area contributed by atoms with Crippen LogP contribution in [-0.2, 0) is 0 Å². The standard InChI is InChI=1S/C51H44N2O3/c1-52(2)49(35-11-7-5-8-12-35)47-43-27-23-39(31-41(43)25-29-45(47)54)33-15-19-37(20-16-33)51(56)38-21-17-34(18-22-38)40-24-28-44-42(32-40)26-30-46(55)48(44)50(53(3)4)36-13-9-6-10-14-36/h5-32,49-50,54-55H,1-4H3. The number of fused-ring (bicyclic) bond motifs is 2. The van der Waals surface area contributed by atoms with Gasteiger partial charge >= 0.3 is 0 Å². The average molecular weight is 733 g/mol. The molecule has 2 N–H and O–H groups in total. The van der Waals surface area contributed by atoms with Crippen LogP contribution in [0, 0.1) is 0 Å². The third-order valence-corrected chi connectivity index (χ3v) is 10.8. The number of benzene rings is 8. The summed E-state index contributed by atoms with van der Waals surface area (Å²) in [5, 5.41) is 26.2. The number of aromatic hydroxyl groups is 2. The maximum atomic E-state index is 13.6. The minimum Gasteiger partial charge on any atom is -0.508 e. The summed E-state index contributed by atoms with van der Waals surface area (Å²) in [4.78, 5) is 17.9. The molecule has 0 bridgehead atoms. The number of hydrogen-bond donors (Lipinski definition) is 2. The summed E-state index contributed by atoms with van der Waals surface area (Å²) in [5.41, 5.74) is 9.32. The van der Waals surface area contributed by atoms with E-state index in [1.165, 1.54) is 0 Å². The van der Waals surface area contributed by atoms with E-state index in [0.29, 0.717) is 11.1 Å². The first kappa shape index (κ1) is 36.4. The zero-order chi connectivity index (χ0) is 38.9.